The molecule has 0 N–H and O–H groups in total. The summed E-state index contributed by atoms with van der Waals surface area (Å²) >= 11 is 0. The van der Waals surface area contributed by atoms with Gasteiger partial charge in [0.25, 0.3) is 5.91 Å². The second-order valence-corrected chi connectivity index (χ2v) is 10.2. The maximum Gasteiger partial charge on any atom is 0.271 e. The molecular formula is C29H23NO5S. The summed E-state index contributed by atoms with van der Waals surface area (Å²) in [6.45, 7) is 0. The van der Waals surface area contributed by atoms with E-state index in [2.05, 4.69) is 0 Å². The molecule has 0 aromatic heterocycles. The fourth-order valence-electron chi connectivity index (χ4n) is 4.13. The van der Waals surface area contributed by atoms with Crippen LogP contribution in [0.5, 0.6) is 17.2 Å². The zero-order valence-electron chi connectivity index (χ0n) is 19.4. The molecule has 1 fully saturated rings. The van der Waals surface area contributed by atoms with E-state index in [0.717, 1.165) is 0 Å². The summed E-state index contributed by atoms with van der Waals surface area (Å²) in [6.07, 6.45) is 1.41. The molecule has 1 aliphatic heterocycles. The van der Waals surface area contributed by atoms with Crippen LogP contribution in [0.1, 0.15) is 16.5 Å². The molecule has 4 aromatic carbocycles. The van der Waals surface area contributed by atoms with Crippen LogP contribution in [0, 0.1) is 0 Å². The number of amides is 1. The van der Waals surface area contributed by atoms with E-state index in [1.807, 2.05) is 30.3 Å². The van der Waals surface area contributed by atoms with Gasteiger partial charge in [-0.05, 0) is 65.7 Å². The largest absolute Gasteiger partial charge is 0.497 e. The highest BCUT2D eigenvalue weighted by atomic mass is 32.2. The Labute approximate surface area is 210 Å². The molecule has 0 aliphatic carbocycles. The topological polar surface area (TPSA) is 72.9 Å². The van der Waals surface area contributed by atoms with Crippen molar-refractivity contribution in [3.8, 4) is 17.2 Å². The Hall–Kier alpha value is -4.36. The van der Waals surface area contributed by atoms with E-state index < -0.39 is 21.1 Å². The molecule has 1 saturated heterocycles. The first-order valence-electron chi connectivity index (χ1n) is 11.3. The number of carbonyl (C=O) groups excluding carboxylic acids is 1. The van der Waals surface area contributed by atoms with Gasteiger partial charge in [-0.25, -0.2) is 8.42 Å². The lowest BCUT2D eigenvalue weighted by molar-refractivity contribution is -0.114. The molecule has 180 valence electrons. The molecule has 0 radical (unpaired) electrons. The second-order valence-electron chi connectivity index (χ2n) is 8.18. The Kier molecular flexibility index (Phi) is 6.31. The summed E-state index contributed by atoms with van der Waals surface area (Å²) in [5.74, 6) is 1.20. The van der Waals surface area contributed by atoms with Gasteiger partial charge in [-0.3, -0.25) is 9.69 Å². The predicted octanol–water partition coefficient (Wildman–Crippen LogP) is 5.99. The van der Waals surface area contributed by atoms with E-state index in [0.29, 0.717) is 34.1 Å². The van der Waals surface area contributed by atoms with Gasteiger partial charge in [0.05, 0.1) is 7.11 Å². The van der Waals surface area contributed by atoms with E-state index >= 15 is 0 Å². The number of hydrogen-bond donors (Lipinski definition) is 0. The summed E-state index contributed by atoms with van der Waals surface area (Å²) < 4.78 is 38.7. The number of methoxy groups -OCH3 is 1. The van der Waals surface area contributed by atoms with Crippen LogP contribution in [0.2, 0.25) is 0 Å². The van der Waals surface area contributed by atoms with Gasteiger partial charge in [0.15, 0.2) is 5.37 Å². The van der Waals surface area contributed by atoms with Gasteiger partial charge in [-0.2, -0.15) is 0 Å². The van der Waals surface area contributed by atoms with Crippen molar-refractivity contribution in [2.24, 2.45) is 0 Å². The maximum absolute atomic E-state index is 13.8. The van der Waals surface area contributed by atoms with Crippen molar-refractivity contribution in [2.75, 3.05) is 12.0 Å². The van der Waals surface area contributed by atoms with Crippen molar-refractivity contribution in [1.82, 2.24) is 0 Å². The molecule has 36 heavy (non-hydrogen) atoms. The summed E-state index contributed by atoms with van der Waals surface area (Å²) in [5.41, 5.74) is 1.51. The minimum absolute atomic E-state index is 0.274. The summed E-state index contributed by atoms with van der Waals surface area (Å²) in [5, 5.41) is -1.19. The quantitative estimate of drug-likeness (QED) is 0.306. The molecule has 1 aliphatic rings. The molecular weight excluding hydrogens is 474 g/mol. The molecule has 1 atom stereocenters. The van der Waals surface area contributed by atoms with Crippen LogP contribution in [0.25, 0.3) is 6.08 Å². The Morgan fingerprint density at radius 2 is 1.39 bits per heavy atom. The van der Waals surface area contributed by atoms with Crippen molar-refractivity contribution in [1.29, 1.82) is 0 Å². The third-order valence-electron chi connectivity index (χ3n) is 5.83. The van der Waals surface area contributed by atoms with Gasteiger partial charge < -0.3 is 9.47 Å². The number of sulfone groups is 1. The van der Waals surface area contributed by atoms with Crippen molar-refractivity contribution in [2.45, 2.75) is 5.37 Å². The monoisotopic (exact) mass is 497 g/mol. The first kappa shape index (κ1) is 23.4. The van der Waals surface area contributed by atoms with Crippen LogP contribution >= 0.6 is 0 Å². The average molecular weight is 498 g/mol. The minimum atomic E-state index is -4.05. The van der Waals surface area contributed by atoms with E-state index in [-0.39, 0.29) is 4.91 Å². The molecule has 7 heteroatoms. The highest BCUT2D eigenvalue weighted by Crippen LogP contribution is 2.43. The van der Waals surface area contributed by atoms with Gasteiger partial charge in [-0.15, -0.1) is 0 Å². The van der Waals surface area contributed by atoms with Gasteiger partial charge in [0.2, 0.25) is 9.84 Å². The average Bonchev–Trinajstić information content (AvgIpc) is 3.10. The van der Waals surface area contributed by atoms with Gasteiger partial charge in [0.1, 0.15) is 22.2 Å². The Morgan fingerprint density at radius 3 is 2.06 bits per heavy atom. The van der Waals surface area contributed by atoms with Crippen molar-refractivity contribution in [3.63, 3.8) is 0 Å². The first-order chi connectivity index (χ1) is 17.5. The molecule has 6 nitrogen and oxygen atoms in total. The lowest BCUT2D eigenvalue weighted by Crippen LogP contribution is -2.28. The van der Waals surface area contributed by atoms with E-state index in [1.54, 1.807) is 86.0 Å². The van der Waals surface area contributed by atoms with Crippen LogP contribution in [0.15, 0.2) is 114 Å². The summed E-state index contributed by atoms with van der Waals surface area (Å²) in [4.78, 5) is 14.7. The molecule has 0 spiro atoms. The molecule has 0 saturated carbocycles. The van der Waals surface area contributed by atoms with E-state index in [1.165, 1.54) is 11.0 Å². The third-order valence-corrected chi connectivity index (χ3v) is 7.81. The third kappa shape index (κ3) is 4.48. The molecule has 1 heterocycles. The number of benzene rings is 4. The Balaban J connectivity index is 1.58. The van der Waals surface area contributed by atoms with Crippen LogP contribution in [0.3, 0.4) is 0 Å². The van der Waals surface area contributed by atoms with E-state index in [9.17, 15) is 13.2 Å². The van der Waals surface area contributed by atoms with Gasteiger partial charge in [0, 0.05) is 5.69 Å². The van der Waals surface area contributed by atoms with Crippen LogP contribution < -0.4 is 14.4 Å². The maximum atomic E-state index is 13.8. The summed E-state index contributed by atoms with van der Waals surface area (Å²) in [7, 11) is -2.50. The Morgan fingerprint density at radius 1 is 0.750 bits per heavy atom. The van der Waals surface area contributed by atoms with Crippen molar-refractivity contribution in [3.05, 3.63) is 125 Å². The second kappa shape index (κ2) is 9.71. The number of anilines is 1. The van der Waals surface area contributed by atoms with E-state index in [4.69, 9.17) is 9.47 Å². The molecule has 5 rings (SSSR count). The number of nitrogens with zero attached hydrogens (tertiary/aromatic N) is 1. The lowest BCUT2D eigenvalue weighted by atomic mass is 10.1. The highest BCUT2D eigenvalue weighted by molar-refractivity contribution is 7.97. The highest BCUT2D eigenvalue weighted by Gasteiger charge is 2.50. The van der Waals surface area contributed by atoms with Crippen LogP contribution in [-0.4, -0.2) is 21.4 Å². The van der Waals surface area contributed by atoms with Crippen molar-refractivity contribution >= 4 is 27.5 Å². The number of rotatable bonds is 6. The summed E-state index contributed by atoms with van der Waals surface area (Å²) in [6, 6.07) is 31.7. The normalized spacial score (nSPS) is 17.8. The SMILES string of the molecule is COc1ccc(N2C(=O)/C(=C/c3cccc(Oc4ccccc4)c3)S(=O)(=O)C2c2ccccc2)cc1. The predicted molar refractivity (Wildman–Crippen MR) is 140 cm³/mol. The smallest absolute Gasteiger partial charge is 0.271 e. The fourth-order valence-corrected chi connectivity index (χ4v) is 6.03. The minimum Gasteiger partial charge on any atom is -0.497 e. The number of para-hydroxylation sites is 1. The molecule has 1 unspecified atom stereocenters. The Bertz CT molecular complexity index is 1520. The number of carbonyl (C=O) groups is 1. The lowest BCUT2D eigenvalue weighted by Gasteiger charge is -2.23. The number of hydrogen-bond acceptors (Lipinski definition) is 5. The molecule has 1 amide bonds. The van der Waals surface area contributed by atoms with Crippen LogP contribution in [0.4, 0.5) is 5.69 Å². The first-order valence-corrected chi connectivity index (χ1v) is 12.8. The van der Waals surface area contributed by atoms with Crippen LogP contribution in [-0.2, 0) is 14.6 Å². The zero-order chi connectivity index (χ0) is 25.1. The number of ether oxygens (including phenoxy) is 2. The standard InChI is InChI=1S/C29H23NO5S/c1-34-24-17-15-23(16-18-24)30-28(31)27(36(32,33)29(30)22-10-4-2-5-11-22)20-21-9-8-14-26(19-21)35-25-12-6-3-7-13-25/h2-20,29H,1H3/b27-20-. The van der Waals surface area contributed by atoms with Gasteiger partial charge >= 0.3 is 0 Å². The zero-order valence-corrected chi connectivity index (χ0v) is 20.3. The fraction of sp³-hybridized carbons (Fsp3) is 0.0690. The van der Waals surface area contributed by atoms with Crippen molar-refractivity contribution < 1.29 is 22.7 Å². The molecule has 0 bridgehead atoms. The van der Waals surface area contributed by atoms with Gasteiger partial charge in [-0.1, -0.05) is 60.7 Å². The molecule has 4 aromatic rings.